The van der Waals surface area contributed by atoms with Crippen LogP contribution >= 0.6 is 0 Å². The second-order valence-corrected chi connectivity index (χ2v) is 6.96. The summed E-state index contributed by atoms with van der Waals surface area (Å²) in [6.07, 6.45) is 0.898. The van der Waals surface area contributed by atoms with Crippen LogP contribution in [0.1, 0.15) is 25.0 Å². The van der Waals surface area contributed by atoms with Crippen LogP contribution in [0, 0.1) is 5.92 Å². The van der Waals surface area contributed by atoms with Crippen LogP contribution in [0.4, 0.5) is 5.69 Å². The van der Waals surface area contributed by atoms with E-state index in [0.717, 1.165) is 24.2 Å². The molecule has 0 radical (unpaired) electrons. The van der Waals surface area contributed by atoms with Gasteiger partial charge in [-0.3, -0.25) is 9.69 Å². The molecule has 0 aliphatic carbocycles. The van der Waals surface area contributed by atoms with Gasteiger partial charge in [0.2, 0.25) is 0 Å². The minimum atomic E-state index is -0.240. The zero-order chi connectivity index (χ0) is 18.9. The molecule has 1 atom stereocenters. The second kappa shape index (κ2) is 9.97. The Morgan fingerprint density at radius 2 is 1.69 bits per heavy atom. The molecule has 0 saturated heterocycles. The summed E-state index contributed by atoms with van der Waals surface area (Å²) in [4.78, 5) is 14.7. The van der Waals surface area contributed by atoms with Crippen molar-refractivity contribution in [2.75, 3.05) is 26.0 Å². The lowest BCUT2D eigenvalue weighted by Gasteiger charge is -2.29. The van der Waals surface area contributed by atoms with Crippen molar-refractivity contribution in [1.29, 1.82) is 0 Å². The van der Waals surface area contributed by atoms with Gasteiger partial charge in [-0.1, -0.05) is 56.3 Å². The molecule has 0 unspecified atom stereocenters. The lowest BCUT2D eigenvalue weighted by molar-refractivity contribution is -0.152. The highest BCUT2D eigenvalue weighted by molar-refractivity contribution is 5.76. The third-order valence-electron chi connectivity index (χ3n) is 4.57. The van der Waals surface area contributed by atoms with E-state index in [1.54, 1.807) is 0 Å². The molecule has 0 aliphatic heterocycles. The first-order valence-electron chi connectivity index (χ1n) is 9.18. The molecule has 2 aromatic carbocycles. The highest BCUT2D eigenvalue weighted by atomic mass is 16.5. The number of ether oxygens (including phenoxy) is 1. The number of carbonyl (C=O) groups is 1. The smallest absolute Gasteiger partial charge is 0.323 e. The van der Waals surface area contributed by atoms with Crippen molar-refractivity contribution in [2.45, 2.75) is 32.9 Å². The van der Waals surface area contributed by atoms with Crippen molar-refractivity contribution < 1.29 is 9.53 Å². The maximum atomic E-state index is 12.6. The van der Waals surface area contributed by atoms with E-state index in [1.807, 2.05) is 44.4 Å². The number of hydrogen-bond donors (Lipinski definition) is 1. The fraction of sp³-hybridized carbons (Fsp3) is 0.409. The number of esters is 1. The van der Waals surface area contributed by atoms with Crippen LogP contribution in [0.3, 0.4) is 0 Å². The van der Waals surface area contributed by atoms with E-state index in [4.69, 9.17) is 4.74 Å². The number of rotatable bonds is 9. The van der Waals surface area contributed by atoms with Crippen molar-refractivity contribution in [2.24, 2.45) is 5.92 Å². The molecule has 0 amide bonds. The summed E-state index contributed by atoms with van der Waals surface area (Å²) in [5.41, 5.74) is 3.37. The van der Waals surface area contributed by atoms with Gasteiger partial charge in [-0.25, -0.2) is 0 Å². The van der Waals surface area contributed by atoms with E-state index in [9.17, 15) is 4.79 Å². The molecular weight excluding hydrogens is 324 g/mol. The molecule has 26 heavy (non-hydrogen) atoms. The Hall–Kier alpha value is -2.33. The predicted octanol–water partition coefficient (Wildman–Crippen LogP) is 3.97. The highest BCUT2D eigenvalue weighted by Gasteiger charge is 2.27. The Morgan fingerprint density at radius 3 is 2.27 bits per heavy atom. The van der Waals surface area contributed by atoms with Crippen LogP contribution < -0.4 is 5.32 Å². The van der Waals surface area contributed by atoms with E-state index in [-0.39, 0.29) is 17.9 Å². The van der Waals surface area contributed by atoms with Gasteiger partial charge in [-0.2, -0.15) is 0 Å². The zero-order valence-corrected chi connectivity index (χ0v) is 16.2. The standard InChI is InChI=1S/C22H30N2O2/c1-17(2)21(22(25)26-16-19-8-6-5-7-9-19)24(4)15-14-18-10-12-20(23-3)13-11-18/h5-13,17,21,23H,14-16H2,1-4H3/t21-/m0/s1. The Labute approximate surface area is 157 Å². The number of hydrogen-bond acceptors (Lipinski definition) is 4. The third kappa shape index (κ3) is 5.88. The maximum Gasteiger partial charge on any atom is 0.323 e. The summed E-state index contributed by atoms with van der Waals surface area (Å²) in [5, 5.41) is 3.12. The van der Waals surface area contributed by atoms with E-state index in [2.05, 4.69) is 48.3 Å². The van der Waals surface area contributed by atoms with Crippen LogP contribution in [0.2, 0.25) is 0 Å². The molecule has 0 spiro atoms. The normalized spacial score (nSPS) is 12.2. The molecule has 0 aliphatic rings. The molecular formula is C22H30N2O2. The molecule has 140 valence electrons. The molecule has 1 N–H and O–H groups in total. The van der Waals surface area contributed by atoms with Crippen molar-refractivity contribution in [3.63, 3.8) is 0 Å². The highest BCUT2D eigenvalue weighted by Crippen LogP contribution is 2.15. The summed E-state index contributed by atoms with van der Waals surface area (Å²) in [5.74, 6) is 0.0341. The van der Waals surface area contributed by atoms with Crippen LogP contribution in [0.25, 0.3) is 0 Å². The first kappa shape index (κ1) is 20.0. The van der Waals surface area contributed by atoms with Crippen molar-refractivity contribution >= 4 is 11.7 Å². The summed E-state index contributed by atoms with van der Waals surface area (Å²) in [7, 11) is 3.91. The fourth-order valence-corrected chi connectivity index (χ4v) is 3.06. The molecule has 0 saturated carbocycles. The predicted molar refractivity (Wildman–Crippen MR) is 107 cm³/mol. The van der Waals surface area contributed by atoms with Gasteiger partial charge in [0, 0.05) is 19.3 Å². The van der Waals surface area contributed by atoms with Gasteiger partial charge in [0.05, 0.1) is 0 Å². The SMILES string of the molecule is CNc1ccc(CCN(C)[C@H](C(=O)OCc2ccccc2)C(C)C)cc1. The molecule has 0 heterocycles. The molecule has 4 heteroatoms. The van der Waals surface area contributed by atoms with Crippen molar-refractivity contribution in [1.82, 2.24) is 4.90 Å². The van der Waals surface area contributed by atoms with Gasteiger partial charge in [-0.15, -0.1) is 0 Å². The molecule has 0 aromatic heterocycles. The quantitative estimate of drug-likeness (QED) is 0.692. The summed E-state index contributed by atoms with van der Waals surface area (Å²) in [6.45, 7) is 5.25. The van der Waals surface area contributed by atoms with Gasteiger partial charge < -0.3 is 10.1 Å². The largest absolute Gasteiger partial charge is 0.460 e. The third-order valence-corrected chi connectivity index (χ3v) is 4.57. The average molecular weight is 354 g/mol. The first-order valence-corrected chi connectivity index (χ1v) is 9.18. The lowest BCUT2D eigenvalue weighted by atomic mass is 10.0. The average Bonchev–Trinajstić information content (AvgIpc) is 2.66. The first-order chi connectivity index (χ1) is 12.5. The zero-order valence-electron chi connectivity index (χ0n) is 16.2. The van der Waals surface area contributed by atoms with Gasteiger partial charge in [-0.05, 0) is 42.6 Å². The molecule has 0 fully saturated rings. The number of carbonyl (C=O) groups excluding carboxylic acids is 1. The number of anilines is 1. The number of benzene rings is 2. The number of nitrogens with zero attached hydrogens (tertiary/aromatic N) is 1. The van der Waals surface area contributed by atoms with Crippen molar-refractivity contribution in [3.05, 3.63) is 65.7 Å². The van der Waals surface area contributed by atoms with Crippen molar-refractivity contribution in [3.8, 4) is 0 Å². The van der Waals surface area contributed by atoms with E-state index in [0.29, 0.717) is 6.61 Å². The molecule has 0 bridgehead atoms. The minimum absolute atomic E-state index is 0.156. The molecule has 2 aromatic rings. The van der Waals surface area contributed by atoms with Crippen LogP contribution in [-0.2, 0) is 22.6 Å². The van der Waals surface area contributed by atoms with Gasteiger partial charge in [0.1, 0.15) is 12.6 Å². The monoisotopic (exact) mass is 354 g/mol. The van der Waals surface area contributed by atoms with Gasteiger partial charge in [0.25, 0.3) is 0 Å². The fourth-order valence-electron chi connectivity index (χ4n) is 3.06. The van der Waals surface area contributed by atoms with Crippen LogP contribution in [-0.4, -0.2) is 37.6 Å². The van der Waals surface area contributed by atoms with Gasteiger partial charge in [0.15, 0.2) is 0 Å². The minimum Gasteiger partial charge on any atom is -0.460 e. The number of likely N-dealkylation sites (N-methyl/N-ethyl adjacent to an activating group) is 1. The number of nitrogens with one attached hydrogen (secondary N) is 1. The van der Waals surface area contributed by atoms with Crippen LogP contribution in [0.15, 0.2) is 54.6 Å². The summed E-state index contributed by atoms with van der Waals surface area (Å²) >= 11 is 0. The molecule has 2 rings (SSSR count). The molecule has 4 nitrogen and oxygen atoms in total. The van der Waals surface area contributed by atoms with Gasteiger partial charge >= 0.3 is 5.97 Å². The Balaban J connectivity index is 1.90. The van der Waals surface area contributed by atoms with E-state index < -0.39 is 0 Å². The van der Waals surface area contributed by atoms with Crippen LogP contribution in [0.5, 0.6) is 0 Å². The Bertz CT molecular complexity index is 668. The van der Waals surface area contributed by atoms with E-state index in [1.165, 1.54) is 5.56 Å². The van der Waals surface area contributed by atoms with E-state index >= 15 is 0 Å². The Morgan fingerprint density at radius 1 is 1.04 bits per heavy atom. The summed E-state index contributed by atoms with van der Waals surface area (Å²) < 4.78 is 5.57. The maximum absolute atomic E-state index is 12.6. The summed E-state index contributed by atoms with van der Waals surface area (Å²) in [6, 6.07) is 18.0. The second-order valence-electron chi connectivity index (χ2n) is 6.96. The Kier molecular flexibility index (Phi) is 7.67. The topological polar surface area (TPSA) is 41.6 Å². The lowest BCUT2D eigenvalue weighted by Crippen LogP contribution is -2.44.